The second-order valence-electron chi connectivity index (χ2n) is 5.87. The van der Waals surface area contributed by atoms with E-state index in [-0.39, 0.29) is 18.2 Å². The van der Waals surface area contributed by atoms with Crippen LogP contribution in [0.3, 0.4) is 0 Å². The molecule has 0 aromatic carbocycles. The highest BCUT2D eigenvalue weighted by molar-refractivity contribution is 7.14. The molecule has 1 rings (SSSR count). The number of carbonyl (C=O) groups excluding carboxylic acids is 1. The largest absolute Gasteiger partial charge is 0.481 e. The molecule has 0 saturated heterocycles. The van der Waals surface area contributed by atoms with Crippen molar-refractivity contribution in [3.05, 3.63) is 21.4 Å². The van der Waals surface area contributed by atoms with Gasteiger partial charge in [-0.3, -0.25) is 9.59 Å². The fraction of sp³-hybridized carbons (Fsp3) is 0.625. The lowest BCUT2D eigenvalue weighted by Gasteiger charge is -2.17. The van der Waals surface area contributed by atoms with Gasteiger partial charge in [-0.2, -0.15) is 0 Å². The number of rotatable bonds is 8. The van der Waals surface area contributed by atoms with Crippen molar-refractivity contribution in [3.8, 4) is 0 Å². The van der Waals surface area contributed by atoms with Crippen molar-refractivity contribution < 1.29 is 14.7 Å². The quantitative estimate of drug-likeness (QED) is 0.772. The van der Waals surface area contributed by atoms with Crippen molar-refractivity contribution in [3.63, 3.8) is 0 Å². The number of aryl methyl sites for hydroxylation is 2. The molecular formula is C16H25NO3S. The van der Waals surface area contributed by atoms with E-state index >= 15 is 0 Å². The van der Waals surface area contributed by atoms with E-state index in [0.717, 1.165) is 18.4 Å². The molecule has 0 aliphatic carbocycles. The number of hydrogen-bond acceptors (Lipinski definition) is 3. The van der Waals surface area contributed by atoms with Gasteiger partial charge in [0.2, 0.25) is 0 Å². The molecule has 1 aromatic rings. The fourth-order valence-electron chi connectivity index (χ4n) is 2.46. The molecule has 0 radical (unpaired) electrons. The Kier molecular flexibility index (Phi) is 6.89. The highest BCUT2D eigenvalue weighted by Crippen LogP contribution is 2.22. The first-order valence-electron chi connectivity index (χ1n) is 7.42. The van der Waals surface area contributed by atoms with Crippen molar-refractivity contribution >= 4 is 23.2 Å². The number of carboxylic acid groups (broad SMARTS) is 1. The Balaban J connectivity index is 2.61. The number of carboxylic acids is 1. The fourth-order valence-corrected chi connectivity index (χ4v) is 3.49. The smallest absolute Gasteiger partial charge is 0.303 e. The SMILES string of the molecule is CCc1sc(C(=O)NC[C@H](CC(=O)O)CC(C)C)cc1C. The summed E-state index contributed by atoms with van der Waals surface area (Å²) in [6, 6.07) is 1.91. The minimum atomic E-state index is -0.810. The molecule has 4 nitrogen and oxygen atoms in total. The molecule has 1 amide bonds. The van der Waals surface area contributed by atoms with Crippen LogP contribution in [0.2, 0.25) is 0 Å². The zero-order valence-electron chi connectivity index (χ0n) is 13.2. The van der Waals surface area contributed by atoms with E-state index in [1.165, 1.54) is 16.2 Å². The van der Waals surface area contributed by atoms with Gasteiger partial charge in [-0.1, -0.05) is 20.8 Å². The molecule has 1 aromatic heterocycles. The van der Waals surface area contributed by atoms with Crippen LogP contribution in [0.1, 0.15) is 53.7 Å². The molecule has 0 spiro atoms. The van der Waals surface area contributed by atoms with Crippen molar-refractivity contribution in [1.29, 1.82) is 0 Å². The van der Waals surface area contributed by atoms with Crippen LogP contribution in [0.4, 0.5) is 0 Å². The molecule has 0 unspecified atom stereocenters. The van der Waals surface area contributed by atoms with Crippen LogP contribution in [0, 0.1) is 18.8 Å². The Labute approximate surface area is 130 Å². The lowest BCUT2D eigenvalue weighted by Crippen LogP contribution is -2.30. The first-order chi connectivity index (χ1) is 9.83. The molecule has 5 heteroatoms. The van der Waals surface area contributed by atoms with Crippen molar-refractivity contribution in [2.75, 3.05) is 6.54 Å². The third-order valence-electron chi connectivity index (χ3n) is 3.38. The Morgan fingerprint density at radius 3 is 2.52 bits per heavy atom. The third kappa shape index (κ3) is 5.87. The van der Waals surface area contributed by atoms with Crippen LogP contribution in [-0.4, -0.2) is 23.5 Å². The van der Waals surface area contributed by atoms with Crippen LogP contribution in [0.25, 0.3) is 0 Å². The first kappa shape index (κ1) is 17.7. The lowest BCUT2D eigenvalue weighted by molar-refractivity contribution is -0.138. The Morgan fingerprint density at radius 1 is 1.38 bits per heavy atom. The van der Waals surface area contributed by atoms with Crippen LogP contribution < -0.4 is 5.32 Å². The molecular weight excluding hydrogens is 286 g/mol. The average Bonchev–Trinajstić information content (AvgIpc) is 2.75. The topological polar surface area (TPSA) is 66.4 Å². The number of carbonyl (C=O) groups is 2. The molecule has 0 aliphatic rings. The Hall–Kier alpha value is -1.36. The summed E-state index contributed by atoms with van der Waals surface area (Å²) >= 11 is 1.52. The van der Waals surface area contributed by atoms with Crippen LogP contribution in [-0.2, 0) is 11.2 Å². The molecule has 0 aliphatic heterocycles. The van der Waals surface area contributed by atoms with E-state index in [4.69, 9.17) is 5.11 Å². The van der Waals surface area contributed by atoms with Crippen LogP contribution >= 0.6 is 11.3 Å². The zero-order chi connectivity index (χ0) is 16.0. The summed E-state index contributed by atoms with van der Waals surface area (Å²) < 4.78 is 0. The number of nitrogens with one attached hydrogen (secondary N) is 1. The Bertz CT molecular complexity index is 494. The first-order valence-corrected chi connectivity index (χ1v) is 8.24. The third-order valence-corrected chi connectivity index (χ3v) is 4.77. The summed E-state index contributed by atoms with van der Waals surface area (Å²) in [4.78, 5) is 25.0. The van der Waals surface area contributed by atoms with Gasteiger partial charge in [0.15, 0.2) is 0 Å². The summed E-state index contributed by atoms with van der Waals surface area (Å²) in [5, 5.41) is 11.8. The summed E-state index contributed by atoms with van der Waals surface area (Å²) in [7, 11) is 0. The van der Waals surface area contributed by atoms with Gasteiger partial charge in [0.05, 0.1) is 4.88 Å². The predicted octanol–water partition coefficient (Wildman–Crippen LogP) is 3.49. The highest BCUT2D eigenvalue weighted by Gasteiger charge is 2.17. The van der Waals surface area contributed by atoms with Crippen LogP contribution in [0.15, 0.2) is 6.07 Å². The summed E-state index contributed by atoms with van der Waals surface area (Å²) in [6.07, 6.45) is 1.83. The summed E-state index contributed by atoms with van der Waals surface area (Å²) in [5.41, 5.74) is 1.15. The van der Waals surface area contributed by atoms with E-state index in [2.05, 4.69) is 26.1 Å². The van der Waals surface area contributed by atoms with Gasteiger partial charge in [-0.15, -0.1) is 11.3 Å². The van der Waals surface area contributed by atoms with E-state index < -0.39 is 5.97 Å². The lowest BCUT2D eigenvalue weighted by atomic mass is 9.94. The van der Waals surface area contributed by atoms with Gasteiger partial charge in [0, 0.05) is 17.8 Å². The van der Waals surface area contributed by atoms with E-state index in [0.29, 0.717) is 17.3 Å². The van der Waals surface area contributed by atoms with Crippen molar-refractivity contribution in [2.24, 2.45) is 11.8 Å². The van der Waals surface area contributed by atoms with Gasteiger partial charge in [-0.25, -0.2) is 0 Å². The standard InChI is InChI=1S/C16H25NO3S/c1-5-13-11(4)7-14(21-13)16(20)17-9-12(6-10(2)3)8-15(18)19/h7,10,12H,5-6,8-9H2,1-4H3,(H,17,20)(H,18,19)/t12-/m0/s1. The Morgan fingerprint density at radius 2 is 2.05 bits per heavy atom. The van der Waals surface area contributed by atoms with Gasteiger partial charge >= 0.3 is 5.97 Å². The molecule has 118 valence electrons. The zero-order valence-corrected chi connectivity index (χ0v) is 14.0. The van der Waals surface area contributed by atoms with Crippen molar-refractivity contribution in [1.82, 2.24) is 5.32 Å². The molecule has 0 fully saturated rings. The van der Waals surface area contributed by atoms with E-state index in [9.17, 15) is 9.59 Å². The molecule has 0 bridgehead atoms. The molecule has 1 heterocycles. The molecule has 0 saturated carbocycles. The minimum absolute atomic E-state index is 0.0156. The number of aliphatic carboxylic acids is 1. The normalized spacial score (nSPS) is 12.4. The maximum Gasteiger partial charge on any atom is 0.303 e. The summed E-state index contributed by atoms with van der Waals surface area (Å²) in [5.74, 6) is -0.503. The van der Waals surface area contributed by atoms with Gasteiger partial charge in [-0.05, 0) is 43.2 Å². The number of thiophene rings is 1. The maximum atomic E-state index is 12.2. The average molecular weight is 311 g/mol. The van der Waals surface area contributed by atoms with Gasteiger partial charge in [0.25, 0.3) is 5.91 Å². The van der Waals surface area contributed by atoms with Crippen molar-refractivity contribution in [2.45, 2.75) is 47.0 Å². The molecule has 2 N–H and O–H groups in total. The molecule has 21 heavy (non-hydrogen) atoms. The highest BCUT2D eigenvalue weighted by atomic mass is 32.1. The van der Waals surface area contributed by atoms with E-state index in [1.54, 1.807) is 0 Å². The second-order valence-corrected chi connectivity index (χ2v) is 7.01. The van der Waals surface area contributed by atoms with Gasteiger partial charge in [0.1, 0.15) is 0 Å². The van der Waals surface area contributed by atoms with E-state index in [1.807, 2.05) is 13.0 Å². The summed E-state index contributed by atoms with van der Waals surface area (Å²) in [6.45, 7) is 8.63. The molecule has 1 atom stereocenters. The maximum absolute atomic E-state index is 12.2. The number of hydrogen-bond donors (Lipinski definition) is 2. The van der Waals surface area contributed by atoms with Gasteiger partial charge < -0.3 is 10.4 Å². The monoisotopic (exact) mass is 311 g/mol. The predicted molar refractivity (Wildman–Crippen MR) is 86.0 cm³/mol. The minimum Gasteiger partial charge on any atom is -0.481 e. The number of amides is 1. The second kappa shape index (κ2) is 8.17. The van der Waals surface area contributed by atoms with Crippen LogP contribution in [0.5, 0.6) is 0 Å².